The van der Waals surface area contributed by atoms with Crippen LogP contribution >= 0.6 is 0 Å². The number of aromatic hydroxyl groups is 1. The van der Waals surface area contributed by atoms with Crippen molar-refractivity contribution in [1.29, 1.82) is 0 Å². The molecule has 4 rings (SSSR count). The van der Waals surface area contributed by atoms with Gasteiger partial charge >= 0.3 is 0 Å². The molecule has 3 aromatic rings. The number of amides is 1. The lowest BCUT2D eigenvalue weighted by Crippen LogP contribution is -2.47. The smallest absolute Gasteiger partial charge is 0.276 e. The third-order valence-corrected chi connectivity index (χ3v) is 6.02. The van der Waals surface area contributed by atoms with Crippen LogP contribution in [0.15, 0.2) is 52.2 Å². The first kappa shape index (κ1) is 22.5. The second-order valence-corrected chi connectivity index (χ2v) is 8.20. The highest BCUT2D eigenvalue weighted by molar-refractivity contribution is 5.97. The van der Waals surface area contributed by atoms with Crippen LogP contribution in [0.3, 0.4) is 0 Å². The largest absolute Gasteiger partial charge is 0.504 e. The number of nitrogens with zero attached hydrogens (tertiary/aromatic N) is 3. The third-order valence-electron chi connectivity index (χ3n) is 6.02. The average Bonchev–Trinajstić information content (AvgIpc) is 2.85. The van der Waals surface area contributed by atoms with E-state index in [1.165, 1.54) is 12.3 Å². The summed E-state index contributed by atoms with van der Waals surface area (Å²) in [6.07, 6.45) is 2.09. The molecule has 0 saturated carbocycles. The van der Waals surface area contributed by atoms with Crippen molar-refractivity contribution in [2.45, 2.75) is 19.4 Å². The molecule has 1 atom stereocenters. The van der Waals surface area contributed by atoms with Crippen molar-refractivity contribution in [3.05, 3.63) is 74.3 Å². The van der Waals surface area contributed by atoms with Gasteiger partial charge in [-0.25, -0.2) is 4.98 Å². The highest BCUT2D eigenvalue weighted by Gasteiger charge is 2.27. The number of pyridine rings is 1. The zero-order valence-electron chi connectivity index (χ0n) is 18.7. The molecule has 1 aliphatic rings. The van der Waals surface area contributed by atoms with Crippen molar-refractivity contribution in [1.82, 2.24) is 14.8 Å². The number of rotatable bonds is 7. The zero-order valence-corrected chi connectivity index (χ0v) is 18.7. The number of nitrogens with one attached hydrogen (secondary N) is 2. The summed E-state index contributed by atoms with van der Waals surface area (Å²) >= 11 is 0. The second-order valence-electron chi connectivity index (χ2n) is 8.20. The van der Waals surface area contributed by atoms with Crippen molar-refractivity contribution in [3.8, 4) is 5.75 Å². The summed E-state index contributed by atoms with van der Waals surface area (Å²) < 4.78 is 0. The van der Waals surface area contributed by atoms with Gasteiger partial charge in [-0.05, 0) is 25.1 Å². The molecule has 2 heterocycles. The van der Waals surface area contributed by atoms with Crippen molar-refractivity contribution < 1.29 is 9.90 Å². The van der Waals surface area contributed by atoms with Gasteiger partial charge in [0.2, 0.25) is 0 Å². The molecule has 0 radical (unpaired) electrons. The molecule has 1 saturated heterocycles. The molecule has 9 heteroatoms. The zero-order chi connectivity index (χ0) is 23.5. The maximum atomic E-state index is 12.9. The van der Waals surface area contributed by atoms with E-state index in [4.69, 9.17) is 0 Å². The van der Waals surface area contributed by atoms with Gasteiger partial charge in [0.1, 0.15) is 11.4 Å². The van der Waals surface area contributed by atoms with Crippen LogP contribution in [0.1, 0.15) is 35.4 Å². The van der Waals surface area contributed by atoms with E-state index in [0.29, 0.717) is 19.5 Å². The number of hydrogen-bond acceptors (Lipinski definition) is 8. The fourth-order valence-electron chi connectivity index (χ4n) is 3.93. The molecule has 1 aromatic heterocycles. The summed E-state index contributed by atoms with van der Waals surface area (Å²) in [5, 5.41) is 16.7. The predicted molar refractivity (Wildman–Crippen MR) is 127 cm³/mol. The van der Waals surface area contributed by atoms with Crippen LogP contribution in [0.2, 0.25) is 0 Å². The fraction of sp³-hybridized carbons (Fsp3) is 0.333. The van der Waals surface area contributed by atoms with Crippen LogP contribution in [0.5, 0.6) is 5.75 Å². The number of hydrogen-bond donors (Lipinski definition) is 3. The van der Waals surface area contributed by atoms with Crippen LogP contribution < -0.4 is 21.5 Å². The van der Waals surface area contributed by atoms with E-state index >= 15 is 0 Å². The molecule has 0 spiro atoms. The number of carbonyl (C=O) groups is 1. The Kier molecular flexibility index (Phi) is 6.41. The van der Waals surface area contributed by atoms with Gasteiger partial charge < -0.3 is 25.5 Å². The topological polar surface area (TPSA) is 115 Å². The number of aromatic nitrogens is 1. The van der Waals surface area contributed by atoms with Crippen molar-refractivity contribution >= 4 is 23.0 Å². The van der Waals surface area contributed by atoms with Gasteiger partial charge in [-0.1, -0.05) is 37.3 Å². The molecule has 3 N–H and O–H groups in total. The molecule has 1 fully saturated rings. The Morgan fingerprint density at radius 2 is 1.73 bits per heavy atom. The molecule has 172 valence electrons. The first-order chi connectivity index (χ1) is 15.9. The first-order valence-electron chi connectivity index (χ1n) is 11.0. The Balaban J connectivity index is 1.56. The van der Waals surface area contributed by atoms with E-state index in [0.717, 1.165) is 18.7 Å². The monoisotopic (exact) mass is 449 g/mol. The minimum absolute atomic E-state index is 0.0638. The van der Waals surface area contributed by atoms with Gasteiger partial charge in [0.15, 0.2) is 11.4 Å². The lowest BCUT2D eigenvalue weighted by molar-refractivity contribution is 0.0655. The molecule has 2 aromatic carbocycles. The summed E-state index contributed by atoms with van der Waals surface area (Å²) in [5.41, 5.74) is -0.0184. The molecular weight excluding hydrogens is 422 g/mol. The summed E-state index contributed by atoms with van der Waals surface area (Å²) in [6.45, 7) is 4.54. The van der Waals surface area contributed by atoms with E-state index in [9.17, 15) is 19.5 Å². The Hall–Kier alpha value is -3.72. The SMILES string of the molecule is CCC(Nc1c(Nc2ccnc(C(=O)N3CCN(C)CC3)c2O)c(=O)c1=O)c1ccccc1. The van der Waals surface area contributed by atoms with Crippen LogP contribution in [-0.2, 0) is 0 Å². The fourth-order valence-corrected chi connectivity index (χ4v) is 3.93. The molecule has 9 nitrogen and oxygen atoms in total. The van der Waals surface area contributed by atoms with Gasteiger partial charge in [0.25, 0.3) is 16.8 Å². The van der Waals surface area contributed by atoms with Crippen molar-refractivity contribution in [2.75, 3.05) is 43.9 Å². The van der Waals surface area contributed by atoms with Gasteiger partial charge in [-0.2, -0.15) is 0 Å². The van der Waals surface area contributed by atoms with E-state index in [2.05, 4.69) is 20.5 Å². The lowest BCUT2D eigenvalue weighted by Gasteiger charge is -2.32. The number of carbonyl (C=O) groups excluding carboxylic acids is 1. The van der Waals surface area contributed by atoms with Crippen molar-refractivity contribution in [2.24, 2.45) is 0 Å². The standard InChI is InChI=1S/C24H27N5O4/c1-3-16(15-7-5-4-6-8-15)26-18-19(23(32)22(18)31)27-17-9-10-25-20(21(17)30)24(33)29-13-11-28(2)12-14-29/h4-10,16,26,30H,3,11-14H2,1-2H3,(H,25,27). The number of anilines is 3. The lowest BCUT2D eigenvalue weighted by atomic mass is 10.0. The van der Waals surface area contributed by atoms with Crippen LogP contribution in [-0.4, -0.2) is 59.0 Å². The maximum absolute atomic E-state index is 12.9. The number of benzene rings is 1. The molecule has 1 aliphatic heterocycles. The summed E-state index contributed by atoms with van der Waals surface area (Å²) in [6, 6.07) is 10.9. The molecule has 1 amide bonds. The van der Waals surface area contributed by atoms with E-state index in [-0.39, 0.29) is 40.5 Å². The summed E-state index contributed by atoms with van der Waals surface area (Å²) in [5.74, 6) is -0.724. The van der Waals surface area contributed by atoms with Gasteiger partial charge in [-0.3, -0.25) is 14.4 Å². The molecule has 33 heavy (non-hydrogen) atoms. The van der Waals surface area contributed by atoms with Crippen molar-refractivity contribution in [3.63, 3.8) is 0 Å². The molecule has 0 aliphatic carbocycles. The predicted octanol–water partition coefficient (Wildman–Crippen LogP) is 2.08. The van der Waals surface area contributed by atoms with E-state index in [1.54, 1.807) is 4.90 Å². The van der Waals surface area contributed by atoms with Crippen LogP contribution in [0.25, 0.3) is 0 Å². The van der Waals surface area contributed by atoms with Crippen LogP contribution in [0.4, 0.5) is 17.1 Å². The third kappa shape index (κ3) is 4.45. The quantitative estimate of drug-likeness (QED) is 0.470. The Morgan fingerprint density at radius 1 is 1.06 bits per heavy atom. The van der Waals surface area contributed by atoms with Gasteiger partial charge in [0, 0.05) is 32.4 Å². The average molecular weight is 450 g/mol. The Labute approximate surface area is 191 Å². The second kappa shape index (κ2) is 9.41. The Bertz CT molecular complexity index is 1210. The normalized spacial score (nSPS) is 15.4. The molecule has 0 bridgehead atoms. The highest BCUT2D eigenvalue weighted by Crippen LogP contribution is 2.32. The molecular formula is C24H27N5O4. The first-order valence-corrected chi connectivity index (χ1v) is 11.0. The number of piperazine rings is 1. The minimum atomic E-state index is -0.677. The van der Waals surface area contributed by atoms with Gasteiger partial charge in [0.05, 0.1) is 11.7 Å². The van der Waals surface area contributed by atoms with Gasteiger partial charge in [-0.15, -0.1) is 0 Å². The Morgan fingerprint density at radius 3 is 2.39 bits per heavy atom. The maximum Gasteiger partial charge on any atom is 0.276 e. The van der Waals surface area contributed by atoms with Crippen LogP contribution in [0, 0.1) is 0 Å². The summed E-state index contributed by atoms with van der Waals surface area (Å²) in [4.78, 5) is 45.3. The molecule has 1 unspecified atom stereocenters. The number of likely N-dealkylation sites (N-methyl/N-ethyl adjacent to an activating group) is 1. The van der Waals surface area contributed by atoms with E-state index < -0.39 is 10.9 Å². The minimum Gasteiger partial charge on any atom is -0.504 e. The van der Waals surface area contributed by atoms with E-state index in [1.807, 2.05) is 44.3 Å². The highest BCUT2D eigenvalue weighted by atomic mass is 16.3. The summed E-state index contributed by atoms with van der Waals surface area (Å²) in [7, 11) is 1.99.